The smallest absolute Gasteiger partial charge is 0.285 e. The lowest BCUT2D eigenvalue weighted by Gasteiger charge is -2.34. The average molecular weight is 418 g/mol. The first-order chi connectivity index (χ1) is 13.8. The molecule has 1 atom stereocenters. The van der Waals surface area contributed by atoms with Gasteiger partial charge in [0.2, 0.25) is 5.91 Å². The largest absolute Gasteiger partial charge is 0.356 e. The number of nitrogens with zero attached hydrogens (tertiary/aromatic N) is 2. The molecule has 0 saturated carbocycles. The van der Waals surface area contributed by atoms with E-state index in [9.17, 15) is 13.2 Å². The predicted octanol–water partition coefficient (Wildman–Crippen LogP) is 3.57. The summed E-state index contributed by atoms with van der Waals surface area (Å²) in [5, 5.41) is 3.17. The van der Waals surface area contributed by atoms with Crippen molar-refractivity contribution in [3.05, 3.63) is 41.5 Å². The van der Waals surface area contributed by atoms with E-state index in [0.29, 0.717) is 35.0 Å². The fourth-order valence-electron chi connectivity index (χ4n) is 3.99. The van der Waals surface area contributed by atoms with Crippen molar-refractivity contribution in [1.82, 2.24) is 10.2 Å². The lowest BCUT2D eigenvalue weighted by atomic mass is 10.00. The van der Waals surface area contributed by atoms with Gasteiger partial charge >= 0.3 is 0 Å². The maximum Gasteiger partial charge on any atom is 0.285 e. The van der Waals surface area contributed by atoms with E-state index in [1.54, 1.807) is 12.1 Å². The molecule has 6 nitrogen and oxygen atoms in total. The van der Waals surface area contributed by atoms with Crippen LogP contribution in [0.3, 0.4) is 0 Å². The second kappa shape index (κ2) is 9.11. The van der Waals surface area contributed by atoms with Crippen molar-refractivity contribution in [2.24, 2.45) is 10.3 Å². The number of carbonyl (C=O) groups is 1. The number of unbranched alkanes of at least 4 members (excludes halogenated alkanes) is 1. The molecular formula is C22H31N3O3S. The molecule has 1 N–H and O–H groups in total. The molecule has 29 heavy (non-hydrogen) atoms. The van der Waals surface area contributed by atoms with E-state index >= 15 is 0 Å². The first kappa shape index (κ1) is 21.6. The van der Waals surface area contributed by atoms with Gasteiger partial charge in [-0.3, -0.25) is 4.79 Å². The van der Waals surface area contributed by atoms with E-state index in [-0.39, 0.29) is 17.9 Å². The van der Waals surface area contributed by atoms with Gasteiger partial charge in [0.1, 0.15) is 10.7 Å². The first-order valence-corrected chi connectivity index (χ1v) is 11.9. The highest BCUT2D eigenvalue weighted by Gasteiger charge is 2.35. The van der Waals surface area contributed by atoms with E-state index in [1.807, 2.05) is 36.9 Å². The van der Waals surface area contributed by atoms with Gasteiger partial charge in [-0.2, -0.15) is 8.42 Å². The van der Waals surface area contributed by atoms with Crippen LogP contribution in [0.2, 0.25) is 0 Å². The number of carbonyl (C=O) groups excluding carboxylic acids is 1. The Kier molecular flexibility index (Phi) is 6.77. The van der Waals surface area contributed by atoms with Gasteiger partial charge in [-0.05, 0) is 31.7 Å². The molecule has 0 spiro atoms. The molecular weight excluding hydrogens is 386 g/mol. The summed E-state index contributed by atoms with van der Waals surface area (Å²) >= 11 is 0. The fourth-order valence-corrected chi connectivity index (χ4v) is 5.48. The van der Waals surface area contributed by atoms with Crippen molar-refractivity contribution >= 4 is 26.7 Å². The summed E-state index contributed by atoms with van der Waals surface area (Å²) in [5.41, 5.74) is 1.37. The minimum atomic E-state index is -3.68. The number of amidine groups is 1. The summed E-state index contributed by atoms with van der Waals surface area (Å²) in [6.07, 6.45) is 4.66. The van der Waals surface area contributed by atoms with Crippen molar-refractivity contribution in [1.29, 1.82) is 0 Å². The zero-order valence-corrected chi connectivity index (χ0v) is 18.3. The lowest BCUT2D eigenvalue weighted by molar-refractivity contribution is -0.125. The zero-order chi connectivity index (χ0) is 21.0. The highest BCUT2D eigenvalue weighted by Crippen LogP contribution is 2.34. The number of rotatable bonds is 6. The Balaban J connectivity index is 1.64. The Hall–Kier alpha value is -2.15. The van der Waals surface area contributed by atoms with Crippen molar-refractivity contribution < 1.29 is 13.2 Å². The SMILES string of the molecule is CCCCC(C)C(=O)NC1CCN(C2=NS(=O)(=O)C(c3ccccc3)=C2C)CC1. The van der Waals surface area contributed by atoms with Crippen LogP contribution in [-0.4, -0.2) is 44.2 Å². The third-order valence-electron chi connectivity index (χ3n) is 5.76. The summed E-state index contributed by atoms with van der Waals surface area (Å²) in [6.45, 7) is 7.31. The summed E-state index contributed by atoms with van der Waals surface area (Å²) in [7, 11) is -3.68. The molecule has 0 aromatic heterocycles. The first-order valence-electron chi connectivity index (χ1n) is 10.5. The van der Waals surface area contributed by atoms with E-state index in [4.69, 9.17) is 0 Å². The van der Waals surface area contributed by atoms with Crippen LogP contribution in [0, 0.1) is 5.92 Å². The van der Waals surface area contributed by atoms with Gasteiger partial charge in [-0.25, -0.2) is 0 Å². The molecule has 1 unspecified atom stereocenters. The van der Waals surface area contributed by atoms with Crippen molar-refractivity contribution in [3.8, 4) is 0 Å². The maximum atomic E-state index is 12.7. The van der Waals surface area contributed by atoms with Crippen molar-refractivity contribution in [2.75, 3.05) is 13.1 Å². The molecule has 7 heteroatoms. The van der Waals surface area contributed by atoms with Gasteiger partial charge in [0.05, 0.1) is 0 Å². The molecule has 0 radical (unpaired) electrons. The van der Waals surface area contributed by atoms with Crippen LogP contribution in [0.25, 0.3) is 4.91 Å². The molecule has 1 aromatic rings. The fraction of sp³-hybridized carbons (Fsp3) is 0.545. The summed E-state index contributed by atoms with van der Waals surface area (Å²) < 4.78 is 29.4. The molecule has 1 aromatic carbocycles. The normalized spacial score (nSPS) is 20.5. The van der Waals surface area contributed by atoms with Gasteiger partial charge in [-0.15, -0.1) is 4.40 Å². The number of likely N-dealkylation sites (tertiary alicyclic amines) is 1. The zero-order valence-electron chi connectivity index (χ0n) is 17.5. The van der Waals surface area contributed by atoms with Crippen molar-refractivity contribution in [3.63, 3.8) is 0 Å². The highest BCUT2D eigenvalue weighted by molar-refractivity contribution is 8.00. The van der Waals surface area contributed by atoms with E-state index in [1.165, 1.54) is 0 Å². The number of piperidine rings is 1. The Labute approximate surface area is 174 Å². The number of nitrogens with one attached hydrogen (secondary N) is 1. The summed E-state index contributed by atoms with van der Waals surface area (Å²) in [4.78, 5) is 14.7. The summed E-state index contributed by atoms with van der Waals surface area (Å²) in [6, 6.07) is 9.27. The standard InChI is InChI=1S/C22H31N3O3S/c1-4-5-9-16(2)22(26)23-19-12-14-25(15-13-19)21-17(3)20(29(27,28)24-21)18-10-7-6-8-11-18/h6-8,10-11,16,19H,4-5,9,12-15H2,1-3H3,(H,23,26). The topological polar surface area (TPSA) is 78.8 Å². The number of hydrogen-bond donors (Lipinski definition) is 1. The van der Waals surface area contributed by atoms with E-state index in [2.05, 4.69) is 16.6 Å². The van der Waals surface area contributed by atoms with Gasteiger partial charge in [0, 0.05) is 30.6 Å². The molecule has 2 aliphatic rings. The van der Waals surface area contributed by atoms with Gasteiger partial charge in [0.25, 0.3) is 10.0 Å². The Bertz CT molecular complexity index is 898. The monoisotopic (exact) mass is 417 g/mol. The van der Waals surface area contributed by atoms with E-state index < -0.39 is 10.0 Å². The van der Waals surface area contributed by atoms with Gasteiger partial charge < -0.3 is 10.2 Å². The van der Waals surface area contributed by atoms with Gasteiger partial charge in [0.15, 0.2) is 0 Å². The van der Waals surface area contributed by atoms with Crippen LogP contribution in [-0.2, 0) is 14.8 Å². The Morgan fingerprint density at radius 2 is 1.90 bits per heavy atom. The van der Waals surface area contributed by atoms with Crippen LogP contribution < -0.4 is 5.32 Å². The van der Waals surface area contributed by atoms with Crippen LogP contribution in [0.1, 0.15) is 58.4 Å². The highest BCUT2D eigenvalue weighted by atomic mass is 32.2. The number of hydrogen-bond acceptors (Lipinski definition) is 4. The van der Waals surface area contributed by atoms with Crippen molar-refractivity contribution in [2.45, 2.75) is 58.9 Å². The molecule has 3 rings (SSSR count). The molecule has 0 bridgehead atoms. The van der Waals surface area contributed by atoms with E-state index in [0.717, 1.165) is 32.1 Å². The number of sulfonamides is 1. The minimum Gasteiger partial charge on any atom is -0.356 e. The quantitative estimate of drug-likeness (QED) is 0.767. The number of amides is 1. The summed E-state index contributed by atoms with van der Waals surface area (Å²) in [5.74, 6) is 0.709. The molecule has 2 aliphatic heterocycles. The molecule has 0 aliphatic carbocycles. The Morgan fingerprint density at radius 1 is 1.24 bits per heavy atom. The molecule has 2 heterocycles. The molecule has 1 saturated heterocycles. The second-order valence-electron chi connectivity index (χ2n) is 8.02. The molecule has 1 amide bonds. The second-order valence-corrected chi connectivity index (χ2v) is 9.56. The molecule has 1 fully saturated rings. The van der Waals surface area contributed by atoms with Crippen LogP contribution in [0.15, 0.2) is 40.3 Å². The lowest BCUT2D eigenvalue weighted by Crippen LogP contribution is -2.47. The van der Waals surface area contributed by atoms with Crippen LogP contribution in [0.5, 0.6) is 0 Å². The number of benzene rings is 1. The maximum absolute atomic E-state index is 12.7. The van der Waals surface area contributed by atoms with Crippen LogP contribution in [0.4, 0.5) is 0 Å². The molecule has 158 valence electrons. The van der Waals surface area contributed by atoms with Crippen LogP contribution >= 0.6 is 0 Å². The minimum absolute atomic E-state index is 0.0379. The predicted molar refractivity (Wildman–Crippen MR) is 117 cm³/mol. The average Bonchev–Trinajstić information content (AvgIpc) is 2.96. The Morgan fingerprint density at radius 3 is 2.52 bits per heavy atom. The third kappa shape index (κ3) is 4.89. The van der Waals surface area contributed by atoms with Gasteiger partial charge in [-0.1, -0.05) is 57.0 Å². The third-order valence-corrected chi connectivity index (χ3v) is 7.23.